The van der Waals surface area contributed by atoms with Crippen LogP contribution in [0.25, 0.3) is 0 Å². The summed E-state index contributed by atoms with van der Waals surface area (Å²) < 4.78 is 5.36. The lowest BCUT2D eigenvalue weighted by Gasteiger charge is -2.35. The average Bonchev–Trinajstić information content (AvgIpc) is 2.42. The van der Waals surface area contributed by atoms with Gasteiger partial charge in [-0.3, -0.25) is 9.59 Å². The number of rotatable bonds is 5. The molecule has 0 saturated heterocycles. The molecule has 6 nitrogen and oxygen atoms in total. The van der Waals surface area contributed by atoms with E-state index < -0.39 is 17.6 Å². The van der Waals surface area contributed by atoms with E-state index in [9.17, 15) is 14.4 Å². The third-order valence-corrected chi connectivity index (χ3v) is 3.81. The van der Waals surface area contributed by atoms with Crippen LogP contribution in [0.2, 0.25) is 0 Å². The van der Waals surface area contributed by atoms with Crippen LogP contribution < -0.4 is 5.43 Å². The summed E-state index contributed by atoms with van der Waals surface area (Å²) in [7, 11) is 0. The van der Waals surface area contributed by atoms with E-state index in [1.807, 2.05) is 6.92 Å². The number of carbonyl (C=O) groups is 3. The maximum absolute atomic E-state index is 12.4. The fraction of sp³-hybridized carbons (Fsp3) is 0.824. The van der Waals surface area contributed by atoms with Gasteiger partial charge in [0.1, 0.15) is 17.2 Å². The van der Waals surface area contributed by atoms with Crippen molar-refractivity contribution < 1.29 is 19.1 Å². The molecule has 2 unspecified atom stereocenters. The second-order valence-corrected chi connectivity index (χ2v) is 7.35. The molecule has 0 aromatic carbocycles. The van der Waals surface area contributed by atoms with Gasteiger partial charge in [0.25, 0.3) is 0 Å². The predicted molar refractivity (Wildman–Crippen MR) is 87.7 cm³/mol. The minimum Gasteiger partial charge on any atom is -0.443 e. The molecule has 1 saturated carbocycles. The quantitative estimate of drug-likeness (QED) is 0.621. The molecule has 1 N–H and O–H groups in total. The van der Waals surface area contributed by atoms with Gasteiger partial charge in [0.05, 0.1) is 5.92 Å². The highest BCUT2D eigenvalue weighted by Crippen LogP contribution is 2.25. The molecule has 0 radical (unpaired) electrons. The molecule has 6 heteroatoms. The number of amides is 1. The van der Waals surface area contributed by atoms with Crippen LogP contribution >= 0.6 is 0 Å². The summed E-state index contributed by atoms with van der Waals surface area (Å²) in [6.45, 7) is 11.2. The number of ether oxygens (including phenoxy) is 1. The number of ketones is 2. The monoisotopic (exact) mass is 326 g/mol. The first-order valence-electron chi connectivity index (χ1n) is 8.40. The summed E-state index contributed by atoms with van der Waals surface area (Å²) in [5.74, 6) is -0.983. The largest absolute Gasteiger partial charge is 0.443 e. The normalized spacial score (nSPS) is 22.1. The predicted octanol–water partition coefficient (Wildman–Crippen LogP) is 2.71. The summed E-state index contributed by atoms with van der Waals surface area (Å²) in [4.78, 5) is 36.8. The Kier molecular flexibility index (Phi) is 6.74. The summed E-state index contributed by atoms with van der Waals surface area (Å²) in [5.41, 5.74) is 2.47. The zero-order valence-electron chi connectivity index (χ0n) is 15.1. The fourth-order valence-electron chi connectivity index (χ4n) is 2.69. The second kappa shape index (κ2) is 7.90. The van der Waals surface area contributed by atoms with E-state index in [1.165, 1.54) is 5.01 Å². The topological polar surface area (TPSA) is 75.7 Å². The zero-order valence-corrected chi connectivity index (χ0v) is 15.1. The number of hydrogen-bond acceptors (Lipinski definition) is 5. The fourth-order valence-corrected chi connectivity index (χ4v) is 2.69. The van der Waals surface area contributed by atoms with Crippen LogP contribution in [-0.4, -0.2) is 40.9 Å². The van der Waals surface area contributed by atoms with Gasteiger partial charge < -0.3 is 4.74 Å². The van der Waals surface area contributed by atoms with Gasteiger partial charge in [0.15, 0.2) is 0 Å². The van der Waals surface area contributed by atoms with Crippen LogP contribution in [-0.2, 0) is 14.3 Å². The lowest BCUT2D eigenvalue weighted by molar-refractivity contribution is -0.138. The van der Waals surface area contributed by atoms with Crippen molar-refractivity contribution in [3.8, 4) is 0 Å². The third-order valence-electron chi connectivity index (χ3n) is 3.81. The highest BCUT2D eigenvalue weighted by atomic mass is 16.6. The Morgan fingerprint density at radius 1 is 1.35 bits per heavy atom. The number of hydrogen-bond donors (Lipinski definition) is 1. The van der Waals surface area contributed by atoms with Gasteiger partial charge in [-0.05, 0) is 40.5 Å². The Morgan fingerprint density at radius 3 is 2.43 bits per heavy atom. The van der Waals surface area contributed by atoms with Crippen molar-refractivity contribution in [2.75, 3.05) is 6.54 Å². The number of nitrogens with one attached hydrogen (secondary N) is 1. The van der Waals surface area contributed by atoms with E-state index in [0.717, 1.165) is 6.42 Å². The molecule has 1 amide bonds. The molecule has 0 aromatic heterocycles. The molecule has 132 valence electrons. The van der Waals surface area contributed by atoms with Crippen LogP contribution in [0.5, 0.6) is 0 Å². The zero-order chi connectivity index (χ0) is 17.8. The summed E-state index contributed by atoms with van der Waals surface area (Å²) >= 11 is 0. The molecule has 1 aliphatic rings. The molecule has 1 aliphatic carbocycles. The first-order chi connectivity index (χ1) is 10.6. The summed E-state index contributed by atoms with van der Waals surface area (Å²) in [6, 6.07) is -0.349. The average molecular weight is 326 g/mol. The van der Waals surface area contributed by atoms with Crippen molar-refractivity contribution in [3.05, 3.63) is 0 Å². The van der Waals surface area contributed by atoms with Crippen LogP contribution in [0.1, 0.15) is 60.8 Å². The van der Waals surface area contributed by atoms with Gasteiger partial charge in [-0.1, -0.05) is 13.8 Å². The van der Waals surface area contributed by atoms with Crippen LogP contribution in [0.3, 0.4) is 0 Å². The molecule has 0 aromatic rings. The molecule has 0 spiro atoms. The van der Waals surface area contributed by atoms with Gasteiger partial charge in [0, 0.05) is 24.9 Å². The van der Waals surface area contributed by atoms with Gasteiger partial charge in [-0.25, -0.2) is 15.2 Å². The molecule has 1 fully saturated rings. The number of carbonyl (C=O) groups excluding carboxylic acids is 3. The minimum atomic E-state index is -0.680. The summed E-state index contributed by atoms with van der Waals surface area (Å²) in [5, 5.41) is 1.36. The van der Waals surface area contributed by atoms with Crippen LogP contribution in [0.4, 0.5) is 4.79 Å². The van der Waals surface area contributed by atoms with Gasteiger partial charge in [-0.15, -0.1) is 0 Å². The van der Waals surface area contributed by atoms with E-state index in [4.69, 9.17) is 4.74 Å². The Labute approximate surface area is 138 Å². The molecule has 23 heavy (non-hydrogen) atoms. The van der Waals surface area contributed by atoms with Crippen molar-refractivity contribution in [2.45, 2.75) is 72.4 Å². The van der Waals surface area contributed by atoms with Crippen LogP contribution in [0.15, 0.2) is 0 Å². The second-order valence-electron chi connectivity index (χ2n) is 7.35. The Hall–Kier alpha value is -1.43. The van der Waals surface area contributed by atoms with E-state index in [1.54, 1.807) is 34.6 Å². The van der Waals surface area contributed by atoms with Gasteiger partial charge in [-0.2, -0.15) is 0 Å². The van der Waals surface area contributed by atoms with E-state index in [0.29, 0.717) is 19.4 Å². The third kappa shape index (κ3) is 5.61. The first-order valence-corrected chi connectivity index (χ1v) is 8.40. The molecular formula is C17H30N2O4. The highest BCUT2D eigenvalue weighted by molar-refractivity contribution is 6.04. The Bertz CT molecular complexity index is 454. The van der Waals surface area contributed by atoms with Crippen molar-refractivity contribution in [3.63, 3.8) is 0 Å². The Morgan fingerprint density at radius 2 is 1.96 bits per heavy atom. The molecule has 1 rings (SSSR count). The summed E-state index contributed by atoms with van der Waals surface area (Å²) in [6.07, 6.45) is 1.35. The van der Waals surface area contributed by atoms with Crippen molar-refractivity contribution in [1.82, 2.24) is 10.4 Å². The van der Waals surface area contributed by atoms with E-state index >= 15 is 0 Å². The lowest BCUT2D eigenvalue weighted by Crippen LogP contribution is -2.56. The number of nitrogens with zero attached hydrogens (tertiary/aromatic N) is 1. The number of Topliss-reactive ketones (excluding diaryl/α,β-unsaturated/α-hetero) is 2. The maximum Gasteiger partial charge on any atom is 0.424 e. The van der Waals surface area contributed by atoms with Gasteiger partial charge >= 0.3 is 6.09 Å². The van der Waals surface area contributed by atoms with Crippen molar-refractivity contribution >= 4 is 17.7 Å². The minimum absolute atomic E-state index is 0.0345. The Balaban J connectivity index is 2.86. The van der Waals surface area contributed by atoms with E-state index in [2.05, 4.69) is 5.43 Å². The standard InChI is InChI=1S/C17H30N2O4/c1-7-19(16(22)23-17(4,5)6)18-12-9-8-10-13(20)14(12)15(21)11(2)3/h11-12,14,18H,7-10H2,1-6H3. The van der Waals surface area contributed by atoms with Crippen LogP contribution in [0, 0.1) is 11.8 Å². The molecule has 0 bridgehead atoms. The van der Waals surface area contributed by atoms with Gasteiger partial charge in [0.2, 0.25) is 0 Å². The smallest absolute Gasteiger partial charge is 0.424 e. The molecular weight excluding hydrogens is 296 g/mol. The van der Waals surface area contributed by atoms with Crippen molar-refractivity contribution in [2.24, 2.45) is 11.8 Å². The SMILES string of the molecule is CCN(NC1CCCC(=O)C1C(=O)C(C)C)C(=O)OC(C)(C)C. The first kappa shape index (κ1) is 19.6. The maximum atomic E-state index is 12.4. The molecule has 2 atom stereocenters. The van der Waals surface area contributed by atoms with E-state index in [-0.39, 0.29) is 23.5 Å². The molecule has 0 aliphatic heterocycles. The lowest BCUT2D eigenvalue weighted by atomic mass is 9.78. The highest BCUT2D eigenvalue weighted by Gasteiger charge is 2.39. The molecule has 0 heterocycles. The van der Waals surface area contributed by atoms with Crippen molar-refractivity contribution in [1.29, 1.82) is 0 Å². The number of hydrazine groups is 1.